The molecular weight excluding hydrogens is 308 g/mol. The van der Waals surface area contributed by atoms with E-state index < -0.39 is 4.92 Å². The minimum absolute atomic E-state index is 0.131. The van der Waals surface area contributed by atoms with Crippen LogP contribution in [0.4, 0.5) is 11.4 Å². The lowest BCUT2D eigenvalue weighted by Crippen LogP contribution is -2.31. The minimum Gasteiger partial charge on any atom is -0.490 e. The fraction of sp³-hybridized carbons (Fsp3) is 0.278. The van der Waals surface area contributed by atoms with Crippen molar-refractivity contribution >= 4 is 17.3 Å². The number of hydrogen-bond donors (Lipinski definition) is 0. The monoisotopic (exact) mass is 328 g/mol. The highest BCUT2D eigenvalue weighted by atomic mass is 16.6. The number of hydrogen-bond acceptors (Lipinski definition) is 4. The van der Waals surface area contributed by atoms with Crippen LogP contribution in [0.1, 0.15) is 28.4 Å². The number of nitro groups is 1. The lowest BCUT2D eigenvalue weighted by Gasteiger charge is -2.23. The van der Waals surface area contributed by atoms with Gasteiger partial charge < -0.3 is 9.64 Å². The maximum Gasteiger partial charge on any atom is 0.311 e. The summed E-state index contributed by atoms with van der Waals surface area (Å²) in [6.07, 6.45) is 0. The van der Waals surface area contributed by atoms with E-state index in [1.807, 2.05) is 39.0 Å². The molecule has 0 bridgehead atoms. The first kappa shape index (κ1) is 17.5. The van der Waals surface area contributed by atoms with Crippen LogP contribution in [0.15, 0.2) is 36.4 Å². The molecule has 0 heterocycles. The van der Waals surface area contributed by atoms with Gasteiger partial charge >= 0.3 is 5.69 Å². The van der Waals surface area contributed by atoms with Crippen molar-refractivity contribution in [3.05, 3.63) is 63.2 Å². The summed E-state index contributed by atoms with van der Waals surface area (Å²) < 4.78 is 4.98. The second-order valence-electron chi connectivity index (χ2n) is 5.48. The summed E-state index contributed by atoms with van der Waals surface area (Å²) in [5, 5.41) is 11.2. The van der Waals surface area contributed by atoms with Gasteiger partial charge in [-0.15, -0.1) is 0 Å². The standard InChI is InChI=1S/C18H20N2O4/c1-5-19(15-10-12(2)6-7-13(15)3)18(21)14-8-9-17(24-4)16(11-14)20(22)23/h6-11H,5H2,1-4H3. The first-order valence-corrected chi connectivity index (χ1v) is 7.60. The lowest BCUT2D eigenvalue weighted by molar-refractivity contribution is -0.385. The van der Waals surface area contributed by atoms with Gasteiger partial charge in [-0.05, 0) is 50.1 Å². The molecule has 0 radical (unpaired) electrons. The van der Waals surface area contributed by atoms with Crippen LogP contribution < -0.4 is 9.64 Å². The Hall–Kier alpha value is -2.89. The number of aryl methyl sites for hydroxylation is 2. The number of ether oxygens (including phenoxy) is 1. The summed E-state index contributed by atoms with van der Waals surface area (Å²) in [4.78, 5) is 25.1. The van der Waals surface area contributed by atoms with Gasteiger partial charge in [0, 0.05) is 23.9 Å². The third kappa shape index (κ3) is 3.37. The molecule has 6 heteroatoms. The summed E-state index contributed by atoms with van der Waals surface area (Å²) in [5.74, 6) is -0.150. The Morgan fingerprint density at radius 3 is 2.50 bits per heavy atom. The average Bonchev–Trinajstić information content (AvgIpc) is 2.57. The third-order valence-electron chi connectivity index (χ3n) is 3.84. The van der Waals surface area contributed by atoms with Crippen LogP contribution in [-0.4, -0.2) is 24.5 Å². The molecule has 0 fully saturated rings. The molecule has 0 saturated carbocycles. The molecule has 0 saturated heterocycles. The smallest absolute Gasteiger partial charge is 0.311 e. The predicted molar refractivity (Wildman–Crippen MR) is 92.9 cm³/mol. The largest absolute Gasteiger partial charge is 0.490 e. The first-order chi connectivity index (χ1) is 11.4. The van der Waals surface area contributed by atoms with Crippen LogP contribution >= 0.6 is 0 Å². The molecule has 6 nitrogen and oxygen atoms in total. The van der Waals surface area contributed by atoms with Crippen molar-refractivity contribution in [2.24, 2.45) is 0 Å². The molecule has 0 N–H and O–H groups in total. The molecule has 2 aromatic carbocycles. The fourth-order valence-corrected chi connectivity index (χ4v) is 2.56. The topological polar surface area (TPSA) is 72.7 Å². The van der Waals surface area contributed by atoms with Gasteiger partial charge in [-0.1, -0.05) is 12.1 Å². The quantitative estimate of drug-likeness (QED) is 0.616. The van der Waals surface area contributed by atoms with E-state index in [0.717, 1.165) is 16.8 Å². The van der Waals surface area contributed by atoms with Gasteiger partial charge in [0.25, 0.3) is 5.91 Å². The van der Waals surface area contributed by atoms with E-state index in [9.17, 15) is 14.9 Å². The number of benzene rings is 2. The van der Waals surface area contributed by atoms with Crippen molar-refractivity contribution in [3.63, 3.8) is 0 Å². The first-order valence-electron chi connectivity index (χ1n) is 7.60. The van der Waals surface area contributed by atoms with Crippen LogP contribution in [0.3, 0.4) is 0 Å². The molecule has 0 aliphatic heterocycles. The van der Waals surface area contributed by atoms with Crippen LogP contribution in [0.25, 0.3) is 0 Å². The zero-order chi connectivity index (χ0) is 17.9. The molecule has 0 aromatic heterocycles. The molecule has 2 rings (SSSR count). The number of rotatable bonds is 5. The van der Waals surface area contributed by atoms with Crippen LogP contribution in [0.5, 0.6) is 5.75 Å². The minimum atomic E-state index is -0.552. The fourth-order valence-electron chi connectivity index (χ4n) is 2.56. The van der Waals surface area contributed by atoms with Crippen molar-refractivity contribution < 1.29 is 14.5 Å². The highest BCUT2D eigenvalue weighted by molar-refractivity contribution is 6.07. The number of carbonyl (C=O) groups excluding carboxylic acids is 1. The summed E-state index contributed by atoms with van der Waals surface area (Å²) in [7, 11) is 1.36. The van der Waals surface area contributed by atoms with E-state index in [1.54, 1.807) is 11.0 Å². The maximum atomic E-state index is 12.9. The van der Waals surface area contributed by atoms with Gasteiger partial charge in [-0.25, -0.2) is 0 Å². The summed E-state index contributed by atoms with van der Waals surface area (Å²) in [6.45, 7) is 6.22. The summed E-state index contributed by atoms with van der Waals surface area (Å²) in [6, 6.07) is 10.1. The Balaban J connectivity index is 2.47. The highest BCUT2D eigenvalue weighted by Gasteiger charge is 2.22. The van der Waals surface area contributed by atoms with Gasteiger partial charge in [0.05, 0.1) is 12.0 Å². The van der Waals surface area contributed by atoms with Crippen molar-refractivity contribution in [1.82, 2.24) is 0 Å². The Kier molecular flexibility index (Phi) is 5.18. The molecule has 24 heavy (non-hydrogen) atoms. The van der Waals surface area contributed by atoms with Gasteiger partial charge in [0.1, 0.15) is 0 Å². The van der Waals surface area contributed by atoms with E-state index in [2.05, 4.69) is 0 Å². The van der Waals surface area contributed by atoms with E-state index >= 15 is 0 Å². The molecule has 0 aliphatic rings. The Morgan fingerprint density at radius 2 is 1.92 bits per heavy atom. The molecule has 0 atom stereocenters. The lowest BCUT2D eigenvalue weighted by atomic mass is 10.1. The predicted octanol–water partition coefficient (Wildman–Crippen LogP) is 3.89. The summed E-state index contributed by atoms with van der Waals surface area (Å²) >= 11 is 0. The van der Waals surface area contributed by atoms with Gasteiger partial charge in [-0.3, -0.25) is 14.9 Å². The van der Waals surface area contributed by atoms with Crippen LogP contribution in [0.2, 0.25) is 0 Å². The normalized spacial score (nSPS) is 10.3. The zero-order valence-corrected chi connectivity index (χ0v) is 14.2. The van der Waals surface area contributed by atoms with Crippen molar-refractivity contribution in [2.45, 2.75) is 20.8 Å². The molecule has 126 valence electrons. The van der Waals surface area contributed by atoms with E-state index in [4.69, 9.17) is 4.74 Å². The van der Waals surface area contributed by atoms with E-state index in [1.165, 1.54) is 19.2 Å². The zero-order valence-electron chi connectivity index (χ0n) is 14.2. The Bertz CT molecular complexity index is 787. The molecule has 2 aromatic rings. The SMILES string of the molecule is CCN(C(=O)c1ccc(OC)c([N+](=O)[O-])c1)c1cc(C)ccc1C. The van der Waals surface area contributed by atoms with Crippen molar-refractivity contribution in [1.29, 1.82) is 0 Å². The number of carbonyl (C=O) groups is 1. The van der Waals surface area contributed by atoms with Crippen LogP contribution in [-0.2, 0) is 0 Å². The maximum absolute atomic E-state index is 12.9. The van der Waals surface area contributed by atoms with Crippen molar-refractivity contribution in [3.8, 4) is 5.75 Å². The van der Waals surface area contributed by atoms with E-state index in [-0.39, 0.29) is 22.9 Å². The molecule has 0 aliphatic carbocycles. The number of methoxy groups -OCH3 is 1. The average molecular weight is 328 g/mol. The molecule has 0 unspecified atom stereocenters. The molecule has 1 amide bonds. The second kappa shape index (κ2) is 7.12. The third-order valence-corrected chi connectivity index (χ3v) is 3.84. The number of nitrogens with zero attached hydrogens (tertiary/aromatic N) is 2. The van der Waals surface area contributed by atoms with Crippen molar-refractivity contribution in [2.75, 3.05) is 18.6 Å². The summed E-state index contributed by atoms with van der Waals surface area (Å²) in [5.41, 5.74) is 2.85. The van der Waals surface area contributed by atoms with Gasteiger partial charge in [0.15, 0.2) is 5.75 Å². The number of amides is 1. The van der Waals surface area contributed by atoms with E-state index in [0.29, 0.717) is 6.54 Å². The van der Waals surface area contributed by atoms with Gasteiger partial charge in [-0.2, -0.15) is 0 Å². The second-order valence-corrected chi connectivity index (χ2v) is 5.48. The molecule has 0 spiro atoms. The molecular formula is C18H20N2O4. The highest BCUT2D eigenvalue weighted by Crippen LogP contribution is 2.29. The number of anilines is 1. The Morgan fingerprint density at radius 1 is 1.21 bits per heavy atom. The number of nitro benzene ring substituents is 1. The van der Waals surface area contributed by atoms with Crippen LogP contribution in [0, 0.1) is 24.0 Å². The Labute approximate surface area is 140 Å². The van der Waals surface area contributed by atoms with Gasteiger partial charge in [0.2, 0.25) is 0 Å².